The van der Waals surface area contributed by atoms with Crippen LogP contribution in [0.3, 0.4) is 0 Å². The van der Waals surface area contributed by atoms with Gasteiger partial charge in [0.05, 0.1) is 12.7 Å². The Morgan fingerprint density at radius 1 is 1.17 bits per heavy atom. The van der Waals surface area contributed by atoms with Crippen molar-refractivity contribution in [3.05, 3.63) is 35.9 Å². The molecule has 98 valence electrons. The number of morpholine rings is 1. The molecule has 1 saturated heterocycles. The first-order chi connectivity index (χ1) is 8.86. The van der Waals surface area contributed by atoms with Crippen LogP contribution in [0.5, 0.6) is 0 Å². The summed E-state index contributed by atoms with van der Waals surface area (Å²) in [5, 5.41) is 0. The highest BCUT2D eigenvalue weighted by atomic mass is 16.5. The van der Waals surface area contributed by atoms with E-state index in [4.69, 9.17) is 4.74 Å². The average molecular weight is 245 g/mol. The standard InChI is InChI=1S/C16H23NO/c1-13(14-7-3-2-4-8-14)17-11-12-18-16-10-6-5-9-15(16)17/h2-4,7-8,13,15-16H,5-6,9-12H2,1H3/t13-,15-,16?/m1/s1. The van der Waals surface area contributed by atoms with Crippen LogP contribution in [-0.2, 0) is 4.74 Å². The molecule has 1 aromatic carbocycles. The molecule has 0 spiro atoms. The molecule has 18 heavy (non-hydrogen) atoms. The quantitative estimate of drug-likeness (QED) is 0.792. The minimum atomic E-state index is 0.485. The van der Waals surface area contributed by atoms with Gasteiger partial charge in [0, 0.05) is 18.6 Å². The average Bonchev–Trinajstić information content (AvgIpc) is 2.47. The number of ether oxygens (including phenoxy) is 1. The first-order valence-electron chi connectivity index (χ1n) is 7.28. The lowest BCUT2D eigenvalue weighted by Crippen LogP contribution is -2.53. The molecule has 2 heteroatoms. The lowest BCUT2D eigenvalue weighted by molar-refractivity contribution is -0.101. The van der Waals surface area contributed by atoms with Crippen molar-refractivity contribution in [2.45, 2.75) is 50.8 Å². The van der Waals surface area contributed by atoms with Gasteiger partial charge in [0.2, 0.25) is 0 Å². The van der Waals surface area contributed by atoms with Gasteiger partial charge in [-0.3, -0.25) is 4.90 Å². The van der Waals surface area contributed by atoms with Gasteiger partial charge in [-0.2, -0.15) is 0 Å². The molecule has 0 aromatic heterocycles. The number of hydrogen-bond donors (Lipinski definition) is 0. The second kappa shape index (κ2) is 5.41. The van der Waals surface area contributed by atoms with E-state index >= 15 is 0 Å². The van der Waals surface area contributed by atoms with Gasteiger partial charge < -0.3 is 4.74 Å². The Balaban J connectivity index is 1.77. The summed E-state index contributed by atoms with van der Waals surface area (Å²) in [5.41, 5.74) is 1.43. The van der Waals surface area contributed by atoms with E-state index in [1.165, 1.54) is 31.2 Å². The molecular weight excluding hydrogens is 222 g/mol. The molecule has 1 aromatic rings. The van der Waals surface area contributed by atoms with Gasteiger partial charge in [-0.1, -0.05) is 43.2 Å². The maximum atomic E-state index is 5.96. The molecule has 1 saturated carbocycles. The number of rotatable bonds is 2. The smallest absolute Gasteiger partial charge is 0.0731 e. The zero-order chi connectivity index (χ0) is 12.4. The van der Waals surface area contributed by atoms with Gasteiger partial charge in [-0.25, -0.2) is 0 Å². The highest BCUT2D eigenvalue weighted by molar-refractivity contribution is 5.19. The third-order valence-corrected chi connectivity index (χ3v) is 4.55. The summed E-state index contributed by atoms with van der Waals surface area (Å²) < 4.78 is 5.96. The summed E-state index contributed by atoms with van der Waals surface area (Å²) in [6.45, 7) is 4.32. The van der Waals surface area contributed by atoms with Crippen LogP contribution >= 0.6 is 0 Å². The predicted molar refractivity (Wildman–Crippen MR) is 73.6 cm³/mol. The van der Waals surface area contributed by atoms with Gasteiger partial charge in [0.25, 0.3) is 0 Å². The summed E-state index contributed by atoms with van der Waals surface area (Å²) in [6.07, 6.45) is 5.75. The van der Waals surface area contributed by atoms with Crippen molar-refractivity contribution in [2.24, 2.45) is 0 Å². The normalized spacial score (nSPS) is 30.7. The minimum Gasteiger partial charge on any atom is -0.375 e. The molecule has 0 radical (unpaired) electrons. The topological polar surface area (TPSA) is 12.5 Å². The maximum Gasteiger partial charge on any atom is 0.0731 e. The highest BCUT2D eigenvalue weighted by Crippen LogP contribution is 2.33. The molecule has 2 aliphatic rings. The molecule has 2 nitrogen and oxygen atoms in total. The molecular formula is C16H23NO. The predicted octanol–water partition coefficient (Wildman–Crippen LogP) is 3.39. The second-order valence-corrected chi connectivity index (χ2v) is 5.59. The largest absolute Gasteiger partial charge is 0.375 e. The van der Waals surface area contributed by atoms with Crippen LogP contribution in [0.15, 0.2) is 30.3 Å². The van der Waals surface area contributed by atoms with Gasteiger partial charge in [-0.15, -0.1) is 0 Å². The van der Waals surface area contributed by atoms with Crippen molar-refractivity contribution in [3.8, 4) is 0 Å². The molecule has 1 aliphatic heterocycles. The van der Waals surface area contributed by atoms with E-state index < -0.39 is 0 Å². The monoisotopic (exact) mass is 245 g/mol. The zero-order valence-electron chi connectivity index (χ0n) is 11.2. The SMILES string of the molecule is C[C@H](c1ccccc1)N1CCOC2CCCC[C@H]21. The molecule has 0 bridgehead atoms. The van der Waals surface area contributed by atoms with Crippen molar-refractivity contribution in [3.63, 3.8) is 0 Å². The molecule has 3 rings (SSSR count). The fourth-order valence-electron chi connectivity index (χ4n) is 3.53. The Morgan fingerprint density at radius 3 is 2.78 bits per heavy atom. The van der Waals surface area contributed by atoms with Crippen molar-refractivity contribution < 1.29 is 4.74 Å². The van der Waals surface area contributed by atoms with Crippen LogP contribution < -0.4 is 0 Å². The highest BCUT2D eigenvalue weighted by Gasteiger charge is 2.36. The fraction of sp³-hybridized carbons (Fsp3) is 0.625. The van der Waals surface area contributed by atoms with Crippen LogP contribution in [0.4, 0.5) is 0 Å². The zero-order valence-corrected chi connectivity index (χ0v) is 11.2. The molecule has 1 unspecified atom stereocenters. The van der Waals surface area contributed by atoms with E-state index in [0.717, 1.165) is 13.2 Å². The minimum absolute atomic E-state index is 0.485. The molecule has 2 fully saturated rings. The summed E-state index contributed by atoms with van der Waals surface area (Å²) in [6, 6.07) is 12.0. The molecule has 3 atom stereocenters. The lowest BCUT2D eigenvalue weighted by atomic mass is 9.88. The van der Waals surface area contributed by atoms with Crippen LogP contribution in [0.25, 0.3) is 0 Å². The maximum absolute atomic E-state index is 5.96. The van der Waals surface area contributed by atoms with E-state index in [1.54, 1.807) is 0 Å². The third kappa shape index (κ3) is 2.32. The Hall–Kier alpha value is -0.860. The van der Waals surface area contributed by atoms with E-state index in [0.29, 0.717) is 18.2 Å². The lowest BCUT2D eigenvalue weighted by Gasteiger charge is -2.46. The molecule has 0 amide bonds. The van der Waals surface area contributed by atoms with Crippen LogP contribution in [-0.4, -0.2) is 30.2 Å². The van der Waals surface area contributed by atoms with Crippen LogP contribution in [0.1, 0.15) is 44.2 Å². The van der Waals surface area contributed by atoms with Crippen LogP contribution in [0.2, 0.25) is 0 Å². The first-order valence-corrected chi connectivity index (χ1v) is 7.28. The van der Waals surface area contributed by atoms with Gasteiger partial charge in [0.1, 0.15) is 0 Å². The molecule has 1 heterocycles. The van der Waals surface area contributed by atoms with Crippen molar-refractivity contribution in [2.75, 3.05) is 13.2 Å². The van der Waals surface area contributed by atoms with Crippen molar-refractivity contribution in [1.82, 2.24) is 4.90 Å². The van der Waals surface area contributed by atoms with Gasteiger partial charge in [0.15, 0.2) is 0 Å². The van der Waals surface area contributed by atoms with Gasteiger partial charge >= 0.3 is 0 Å². The van der Waals surface area contributed by atoms with Gasteiger partial charge in [-0.05, 0) is 25.3 Å². The first kappa shape index (κ1) is 12.2. The fourth-order valence-corrected chi connectivity index (χ4v) is 3.53. The van der Waals surface area contributed by atoms with E-state index in [9.17, 15) is 0 Å². The molecule has 0 N–H and O–H groups in total. The van der Waals surface area contributed by atoms with Crippen molar-refractivity contribution >= 4 is 0 Å². The molecule has 1 aliphatic carbocycles. The number of nitrogens with zero attached hydrogens (tertiary/aromatic N) is 1. The third-order valence-electron chi connectivity index (χ3n) is 4.55. The number of fused-ring (bicyclic) bond motifs is 1. The summed E-state index contributed by atoms with van der Waals surface area (Å²) in [7, 11) is 0. The van der Waals surface area contributed by atoms with Crippen LogP contribution in [0, 0.1) is 0 Å². The Bertz CT molecular complexity index is 376. The Kier molecular flexibility index (Phi) is 3.67. The van der Waals surface area contributed by atoms with Crippen molar-refractivity contribution in [1.29, 1.82) is 0 Å². The summed E-state index contributed by atoms with van der Waals surface area (Å²) >= 11 is 0. The van der Waals surface area contributed by atoms with E-state index in [1.807, 2.05) is 0 Å². The Labute approximate surface area is 110 Å². The number of benzene rings is 1. The van der Waals surface area contributed by atoms with E-state index in [2.05, 4.69) is 42.2 Å². The Morgan fingerprint density at radius 2 is 1.94 bits per heavy atom. The van der Waals surface area contributed by atoms with E-state index in [-0.39, 0.29) is 0 Å². The number of hydrogen-bond acceptors (Lipinski definition) is 2. The summed E-state index contributed by atoms with van der Waals surface area (Å²) in [5.74, 6) is 0. The summed E-state index contributed by atoms with van der Waals surface area (Å²) in [4.78, 5) is 2.67. The second-order valence-electron chi connectivity index (χ2n) is 5.59.